The van der Waals surface area contributed by atoms with Crippen LogP contribution < -0.4 is 5.43 Å². The Morgan fingerprint density at radius 2 is 1.77 bits per heavy atom. The second-order valence-electron chi connectivity index (χ2n) is 6.40. The molecule has 0 amide bonds. The molecule has 0 atom stereocenters. The molecule has 5 nitrogen and oxygen atoms in total. The van der Waals surface area contributed by atoms with E-state index >= 15 is 0 Å². The molecule has 6 heteroatoms. The fraction of sp³-hybridized carbons (Fsp3) is 0.625. The van der Waals surface area contributed by atoms with E-state index < -0.39 is 0 Å². The third kappa shape index (κ3) is 3.43. The van der Waals surface area contributed by atoms with Crippen molar-refractivity contribution in [3.05, 3.63) is 23.8 Å². The van der Waals surface area contributed by atoms with Crippen LogP contribution in [0.3, 0.4) is 0 Å². The monoisotopic (exact) mass is 317 g/mol. The fourth-order valence-electron chi connectivity index (χ4n) is 3.48. The molecule has 2 aliphatic heterocycles. The Hall–Kier alpha value is -1.56. The lowest BCUT2D eigenvalue weighted by Crippen LogP contribution is -2.40. The zero-order chi connectivity index (χ0) is 15.5. The number of fused-ring (bicyclic) bond motifs is 4. The second kappa shape index (κ2) is 6.69. The maximum Gasteiger partial charge on any atom is 0.189 e. The summed E-state index contributed by atoms with van der Waals surface area (Å²) in [5, 5.41) is 5.15. The highest BCUT2D eigenvalue weighted by atomic mass is 32.1. The van der Waals surface area contributed by atoms with Crippen molar-refractivity contribution in [1.29, 1.82) is 0 Å². The molecule has 1 aromatic rings. The van der Waals surface area contributed by atoms with Crippen LogP contribution in [0, 0.1) is 18.8 Å². The molecule has 2 saturated heterocycles. The van der Waals surface area contributed by atoms with E-state index in [0.717, 1.165) is 47.1 Å². The van der Waals surface area contributed by atoms with Gasteiger partial charge in [0.1, 0.15) is 5.69 Å². The van der Waals surface area contributed by atoms with Crippen molar-refractivity contribution in [2.24, 2.45) is 16.9 Å². The Kier molecular flexibility index (Phi) is 4.66. The molecule has 1 aromatic heterocycles. The minimum absolute atomic E-state index is 0.736. The van der Waals surface area contributed by atoms with Crippen LogP contribution in [0.1, 0.15) is 44.0 Å². The molecule has 0 spiro atoms. The molecule has 4 rings (SSSR count). The number of aromatic nitrogens is 2. The van der Waals surface area contributed by atoms with Gasteiger partial charge in [0.05, 0.1) is 11.4 Å². The van der Waals surface area contributed by atoms with Gasteiger partial charge >= 0.3 is 0 Å². The second-order valence-corrected chi connectivity index (χ2v) is 6.78. The summed E-state index contributed by atoms with van der Waals surface area (Å²) >= 11 is 5.54. The molecule has 0 radical (unpaired) electrons. The summed E-state index contributed by atoms with van der Waals surface area (Å²) < 4.78 is 0. The Morgan fingerprint density at radius 3 is 2.36 bits per heavy atom. The quantitative estimate of drug-likeness (QED) is 0.516. The third-order valence-corrected chi connectivity index (χ3v) is 5.10. The number of nitrogens with one attached hydrogen (secondary N) is 1. The van der Waals surface area contributed by atoms with Gasteiger partial charge in [0.25, 0.3) is 0 Å². The molecule has 0 aromatic carbocycles. The van der Waals surface area contributed by atoms with Gasteiger partial charge in [-0.3, -0.25) is 15.4 Å². The summed E-state index contributed by atoms with van der Waals surface area (Å²) in [7, 11) is 0. The van der Waals surface area contributed by atoms with Gasteiger partial charge in [0.15, 0.2) is 5.11 Å². The van der Waals surface area contributed by atoms with Gasteiger partial charge in [-0.1, -0.05) is 0 Å². The van der Waals surface area contributed by atoms with Crippen LogP contribution in [-0.2, 0) is 0 Å². The average Bonchev–Trinajstić information content (AvgIpc) is 2.86. The fourth-order valence-corrected chi connectivity index (χ4v) is 3.67. The minimum atomic E-state index is 0.736. The third-order valence-electron chi connectivity index (χ3n) is 4.75. The number of hydrogen-bond acceptors (Lipinski definition) is 4. The van der Waals surface area contributed by atoms with Gasteiger partial charge in [-0.25, -0.2) is 0 Å². The predicted molar refractivity (Wildman–Crippen MR) is 91.7 cm³/mol. The molecule has 118 valence electrons. The molecule has 1 aliphatic carbocycles. The van der Waals surface area contributed by atoms with Gasteiger partial charge < -0.3 is 4.90 Å². The Labute approximate surface area is 137 Å². The highest BCUT2D eigenvalue weighted by Gasteiger charge is 2.30. The van der Waals surface area contributed by atoms with Gasteiger partial charge in [-0.15, -0.1) is 0 Å². The lowest BCUT2D eigenvalue weighted by molar-refractivity contribution is 0.326. The molecular weight excluding hydrogens is 294 g/mol. The standard InChI is InChI=1S/C16H23N5S/c1-11-15(18-8-7-17-11)12(2)19-20-16(22)21-9-13-3-4-14(10-21)6-5-13/h7-8,13-14H,3-6,9-10H2,1-2H3,(H,20,22)/b19-12+. The average molecular weight is 317 g/mol. The van der Waals surface area contributed by atoms with Crippen LogP contribution in [0.15, 0.2) is 17.5 Å². The van der Waals surface area contributed by atoms with E-state index in [4.69, 9.17) is 12.2 Å². The van der Waals surface area contributed by atoms with Crippen molar-refractivity contribution in [2.75, 3.05) is 13.1 Å². The number of aryl methyl sites for hydroxylation is 1. The maximum atomic E-state index is 5.54. The molecule has 3 fully saturated rings. The molecule has 1 saturated carbocycles. The first kappa shape index (κ1) is 15.3. The van der Waals surface area contributed by atoms with E-state index in [1.54, 1.807) is 12.4 Å². The summed E-state index contributed by atoms with van der Waals surface area (Å²) in [5.41, 5.74) is 5.56. The smallest absolute Gasteiger partial charge is 0.189 e. The number of thiocarbonyl (C=S) groups is 1. The summed E-state index contributed by atoms with van der Waals surface area (Å²) in [6, 6.07) is 0. The Bertz CT molecular complexity index is 564. The summed E-state index contributed by atoms with van der Waals surface area (Å²) in [6.45, 7) is 6.01. The first-order chi connectivity index (χ1) is 10.6. The number of nitrogens with zero attached hydrogens (tertiary/aromatic N) is 4. The minimum Gasteiger partial charge on any atom is -0.347 e. The van der Waals surface area contributed by atoms with Crippen molar-refractivity contribution in [1.82, 2.24) is 20.3 Å². The van der Waals surface area contributed by atoms with E-state index in [1.165, 1.54) is 25.7 Å². The van der Waals surface area contributed by atoms with Crippen LogP contribution in [0.25, 0.3) is 0 Å². The first-order valence-electron chi connectivity index (χ1n) is 8.00. The predicted octanol–water partition coefficient (Wildman–Crippen LogP) is 2.51. The largest absolute Gasteiger partial charge is 0.347 e. The summed E-state index contributed by atoms with van der Waals surface area (Å²) in [6.07, 6.45) is 8.79. The molecule has 1 N–H and O–H groups in total. The van der Waals surface area contributed by atoms with Crippen LogP contribution in [-0.4, -0.2) is 38.8 Å². The normalized spacial score (nSPS) is 25.0. The highest BCUT2D eigenvalue weighted by molar-refractivity contribution is 7.80. The summed E-state index contributed by atoms with van der Waals surface area (Å²) in [5.74, 6) is 1.59. The zero-order valence-corrected chi connectivity index (χ0v) is 14.1. The van der Waals surface area contributed by atoms with Crippen molar-refractivity contribution in [3.63, 3.8) is 0 Å². The molecular formula is C16H23N5S. The zero-order valence-electron chi connectivity index (χ0n) is 13.2. The lowest BCUT2D eigenvalue weighted by Gasteiger charge is -2.24. The number of hydrazone groups is 1. The van der Waals surface area contributed by atoms with E-state index in [9.17, 15) is 0 Å². The van der Waals surface area contributed by atoms with E-state index in [-0.39, 0.29) is 0 Å². The first-order valence-corrected chi connectivity index (χ1v) is 8.41. The Morgan fingerprint density at radius 1 is 1.18 bits per heavy atom. The van der Waals surface area contributed by atoms with Gasteiger partial charge in [-0.05, 0) is 63.6 Å². The van der Waals surface area contributed by atoms with Crippen molar-refractivity contribution < 1.29 is 0 Å². The van der Waals surface area contributed by atoms with Crippen LogP contribution in [0.5, 0.6) is 0 Å². The van der Waals surface area contributed by atoms with Gasteiger partial charge in [0.2, 0.25) is 0 Å². The topological polar surface area (TPSA) is 53.4 Å². The number of rotatable bonds is 2. The van der Waals surface area contributed by atoms with Gasteiger partial charge in [-0.2, -0.15) is 5.10 Å². The molecule has 2 bridgehead atoms. The Balaban J connectivity index is 1.64. The molecule has 0 unspecified atom stereocenters. The van der Waals surface area contributed by atoms with Crippen molar-refractivity contribution in [2.45, 2.75) is 39.5 Å². The highest BCUT2D eigenvalue weighted by Crippen LogP contribution is 2.33. The van der Waals surface area contributed by atoms with E-state index in [1.807, 2.05) is 13.8 Å². The van der Waals surface area contributed by atoms with E-state index in [0.29, 0.717) is 0 Å². The summed E-state index contributed by atoms with van der Waals surface area (Å²) in [4.78, 5) is 10.9. The molecule has 3 heterocycles. The SMILES string of the molecule is C/C(=N\NC(=S)N1CC2CCC(CC2)C1)c1nccnc1C. The molecule has 3 aliphatic rings. The van der Waals surface area contributed by atoms with Crippen LogP contribution in [0.2, 0.25) is 0 Å². The van der Waals surface area contributed by atoms with Gasteiger partial charge in [0, 0.05) is 25.5 Å². The van der Waals surface area contributed by atoms with Crippen molar-refractivity contribution >= 4 is 23.0 Å². The molecule has 22 heavy (non-hydrogen) atoms. The lowest BCUT2D eigenvalue weighted by atomic mass is 9.84. The van der Waals surface area contributed by atoms with Crippen molar-refractivity contribution in [3.8, 4) is 0 Å². The maximum absolute atomic E-state index is 5.54. The van der Waals surface area contributed by atoms with Crippen LogP contribution >= 0.6 is 12.2 Å². The van der Waals surface area contributed by atoms with E-state index in [2.05, 4.69) is 25.4 Å². The van der Waals surface area contributed by atoms with Crippen LogP contribution in [0.4, 0.5) is 0 Å². The number of hydrogen-bond donors (Lipinski definition) is 1.